The highest BCUT2D eigenvalue weighted by molar-refractivity contribution is 8.00. The van der Waals surface area contributed by atoms with Gasteiger partial charge in [-0.05, 0) is 23.7 Å². The average Bonchev–Trinajstić information content (AvgIpc) is 2.74. The van der Waals surface area contributed by atoms with E-state index >= 15 is 0 Å². The molecule has 24 heavy (non-hydrogen) atoms. The largest absolute Gasteiger partial charge is 0.460 e. The number of nitrogens with zero attached hydrogens (tertiary/aromatic N) is 1. The molecule has 0 aliphatic heterocycles. The first kappa shape index (κ1) is 19.0. The van der Waals surface area contributed by atoms with E-state index in [1.54, 1.807) is 0 Å². The van der Waals surface area contributed by atoms with Crippen LogP contribution in [0, 0.1) is 0 Å². The Kier molecular flexibility index (Phi) is 4.41. The Morgan fingerprint density at radius 3 is 1.92 bits per heavy atom. The average molecular weight is 401 g/mol. The van der Waals surface area contributed by atoms with Crippen LogP contribution in [-0.4, -0.2) is 26.6 Å². The molecule has 0 spiro atoms. The minimum atomic E-state index is -6.99. The van der Waals surface area contributed by atoms with E-state index in [1.807, 2.05) is 0 Å². The molecular weight excluding hydrogens is 397 g/mol. The second-order valence-corrected chi connectivity index (χ2v) is 6.68. The molecule has 2 rings (SSSR count). The van der Waals surface area contributed by atoms with E-state index in [0.29, 0.717) is 0 Å². The van der Waals surface area contributed by atoms with Crippen molar-refractivity contribution in [3.63, 3.8) is 0 Å². The maximum Gasteiger partial charge on any atom is 0.460 e. The van der Waals surface area contributed by atoms with Gasteiger partial charge in [0.1, 0.15) is 0 Å². The van der Waals surface area contributed by atoms with E-state index in [9.17, 15) is 44.3 Å². The summed E-state index contributed by atoms with van der Waals surface area (Å²) in [6.07, 6.45) is -6.90. The molecule has 134 valence electrons. The smallest absolute Gasteiger partial charge is 0.267 e. The highest BCUT2D eigenvalue weighted by Crippen LogP contribution is 2.56. The SMILES string of the molecule is O=c1c2ccccc2sn1SC(F)(F)C(F)(F)C(F)(F)C(F)(F)F. The van der Waals surface area contributed by atoms with Crippen LogP contribution in [-0.2, 0) is 0 Å². The Morgan fingerprint density at radius 2 is 1.42 bits per heavy atom. The number of rotatable bonds is 4. The third-order valence-corrected chi connectivity index (χ3v) is 4.93. The molecule has 0 radical (unpaired) electrons. The maximum absolute atomic E-state index is 13.5. The fraction of sp³-hybridized carbons (Fsp3) is 0.364. The van der Waals surface area contributed by atoms with Gasteiger partial charge in [-0.25, -0.2) is 0 Å². The van der Waals surface area contributed by atoms with Crippen molar-refractivity contribution < 1.29 is 39.5 Å². The summed E-state index contributed by atoms with van der Waals surface area (Å²) in [7, 11) is 0. The first-order valence-electron chi connectivity index (χ1n) is 5.73. The molecule has 0 N–H and O–H groups in total. The fourth-order valence-corrected chi connectivity index (χ4v) is 3.59. The van der Waals surface area contributed by atoms with Gasteiger partial charge in [-0.2, -0.15) is 42.9 Å². The lowest BCUT2D eigenvalue weighted by Crippen LogP contribution is -2.60. The molecule has 1 aromatic heterocycles. The topological polar surface area (TPSA) is 22.0 Å². The number of alkyl halides is 9. The van der Waals surface area contributed by atoms with Crippen molar-refractivity contribution >= 4 is 33.6 Å². The van der Waals surface area contributed by atoms with Gasteiger partial charge in [0.25, 0.3) is 5.56 Å². The number of aromatic nitrogens is 1. The lowest BCUT2D eigenvalue weighted by atomic mass is 10.1. The second-order valence-electron chi connectivity index (χ2n) is 4.40. The molecule has 0 saturated heterocycles. The van der Waals surface area contributed by atoms with Crippen LogP contribution in [0.5, 0.6) is 0 Å². The Balaban J connectivity index is 2.46. The van der Waals surface area contributed by atoms with Crippen molar-refractivity contribution in [1.29, 1.82) is 0 Å². The lowest BCUT2D eigenvalue weighted by Gasteiger charge is -2.32. The molecular formula is C11H4F9NOS2. The standard InChI is InChI=1S/C11H4F9NOS2/c12-8(13,10(16,17)18)9(14,15)11(19,20)24-21-7(22)5-3-1-2-4-6(5)23-21/h1-4H. The predicted octanol–water partition coefficient (Wildman–Crippen LogP) is 4.99. The molecule has 2 aromatic rings. The summed E-state index contributed by atoms with van der Waals surface area (Å²) in [6, 6.07) is 5.14. The van der Waals surface area contributed by atoms with Gasteiger partial charge in [-0.3, -0.25) is 4.79 Å². The molecule has 0 atom stereocenters. The van der Waals surface area contributed by atoms with Gasteiger partial charge in [-0.15, -0.1) is 0 Å². The highest BCUT2D eigenvalue weighted by Gasteiger charge is 2.82. The normalized spacial score (nSPS) is 14.4. The Morgan fingerprint density at radius 1 is 0.875 bits per heavy atom. The van der Waals surface area contributed by atoms with E-state index in [-0.39, 0.29) is 25.0 Å². The van der Waals surface area contributed by atoms with Gasteiger partial charge < -0.3 is 0 Å². The zero-order valence-corrected chi connectivity index (χ0v) is 12.5. The van der Waals surface area contributed by atoms with E-state index < -0.39 is 40.8 Å². The summed E-state index contributed by atoms with van der Waals surface area (Å²) in [5.41, 5.74) is -1.23. The summed E-state index contributed by atoms with van der Waals surface area (Å²) < 4.78 is 115. The van der Waals surface area contributed by atoms with Crippen molar-refractivity contribution in [2.75, 3.05) is 0 Å². The molecule has 0 bridgehead atoms. The van der Waals surface area contributed by atoms with Crippen molar-refractivity contribution in [2.24, 2.45) is 0 Å². The molecule has 2 nitrogen and oxygen atoms in total. The fourth-order valence-electron chi connectivity index (χ4n) is 1.53. The van der Waals surface area contributed by atoms with Crippen LogP contribution < -0.4 is 5.56 Å². The zero-order valence-electron chi connectivity index (χ0n) is 10.9. The molecule has 13 heteroatoms. The van der Waals surface area contributed by atoms with Crippen LogP contribution in [0.4, 0.5) is 39.5 Å². The lowest BCUT2D eigenvalue weighted by molar-refractivity contribution is -0.381. The minimum Gasteiger partial charge on any atom is -0.267 e. The van der Waals surface area contributed by atoms with Crippen LogP contribution in [0.25, 0.3) is 10.1 Å². The summed E-state index contributed by atoms with van der Waals surface area (Å²) in [5.74, 6) is -13.8. The van der Waals surface area contributed by atoms with E-state index in [1.165, 1.54) is 18.2 Å². The van der Waals surface area contributed by atoms with Crippen LogP contribution in [0.2, 0.25) is 0 Å². The van der Waals surface area contributed by atoms with Crippen LogP contribution in [0.3, 0.4) is 0 Å². The predicted molar refractivity (Wildman–Crippen MR) is 70.0 cm³/mol. The highest BCUT2D eigenvalue weighted by atomic mass is 32.2. The molecule has 0 aliphatic carbocycles. The van der Waals surface area contributed by atoms with Gasteiger partial charge in [0.15, 0.2) is 0 Å². The van der Waals surface area contributed by atoms with Crippen molar-refractivity contribution in [3.05, 3.63) is 34.6 Å². The van der Waals surface area contributed by atoms with Crippen molar-refractivity contribution in [3.8, 4) is 0 Å². The minimum absolute atomic E-state index is 0.0645. The monoisotopic (exact) mass is 401 g/mol. The summed E-state index contributed by atoms with van der Waals surface area (Å²) in [5, 5.41) is -6.08. The first-order chi connectivity index (χ1) is 10.7. The molecule has 0 unspecified atom stereocenters. The maximum atomic E-state index is 13.5. The third-order valence-electron chi connectivity index (χ3n) is 2.78. The van der Waals surface area contributed by atoms with E-state index in [0.717, 1.165) is 6.07 Å². The zero-order chi connectivity index (χ0) is 18.6. The number of hydrogen-bond acceptors (Lipinski definition) is 3. The number of fused-ring (bicyclic) bond motifs is 1. The van der Waals surface area contributed by atoms with Crippen LogP contribution >= 0.6 is 23.5 Å². The van der Waals surface area contributed by atoms with Gasteiger partial charge >= 0.3 is 23.3 Å². The van der Waals surface area contributed by atoms with E-state index in [2.05, 4.69) is 0 Å². The van der Waals surface area contributed by atoms with Crippen LogP contribution in [0.15, 0.2) is 29.1 Å². The Labute approximate surface area is 135 Å². The summed E-state index contributed by atoms with van der Waals surface area (Å²) >= 11 is -1.18. The van der Waals surface area contributed by atoms with Crippen molar-refractivity contribution in [2.45, 2.75) is 23.3 Å². The molecule has 0 fully saturated rings. The van der Waals surface area contributed by atoms with Crippen molar-refractivity contribution in [1.82, 2.24) is 3.36 Å². The summed E-state index contributed by atoms with van der Waals surface area (Å²) in [4.78, 5) is 11.7. The number of benzene rings is 1. The number of halogens is 9. The Hall–Kier alpha value is -1.37. The first-order valence-corrected chi connectivity index (χ1v) is 7.28. The van der Waals surface area contributed by atoms with E-state index in [4.69, 9.17) is 0 Å². The van der Waals surface area contributed by atoms with Crippen LogP contribution in [0.1, 0.15) is 0 Å². The Bertz CT molecular complexity index is 808. The summed E-state index contributed by atoms with van der Waals surface area (Å²) in [6.45, 7) is 0. The van der Waals surface area contributed by atoms with Gasteiger partial charge in [-0.1, -0.05) is 12.1 Å². The molecule has 0 saturated carbocycles. The van der Waals surface area contributed by atoms with Gasteiger partial charge in [0.05, 0.1) is 22.0 Å². The molecule has 1 aromatic carbocycles. The quantitative estimate of drug-likeness (QED) is 0.674. The number of hydrogen-bond donors (Lipinski definition) is 0. The molecule has 0 aliphatic rings. The third kappa shape index (κ3) is 2.76. The van der Waals surface area contributed by atoms with Gasteiger partial charge in [0.2, 0.25) is 0 Å². The second kappa shape index (κ2) is 5.58. The van der Waals surface area contributed by atoms with Gasteiger partial charge in [0, 0.05) is 0 Å². The molecule has 1 heterocycles. The molecule has 0 amide bonds.